The topological polar surface area (TPSA) is 33.1 Å². The van der Waals surface area contributed by atoms with Gasteiger partial charge in [0.05, 0.1) is 11.2 Å². The number of para-hydroxylation sites is 1. The van der Waals surface area contributed by atoms with E-state index in [1.165, 1.54) is 10.9 Å². The van der Waals surface area contributed by atoms with Crippen LogP contribution in [0.25, 0.3) is 10.9 Å². The molecule has 2 aromatic rings. The van der Waals surface area contributed by atoms with Crippen molar-refractivity contribution in [2.45, 2.75) is 20.4 Å². The average Bonchev–Trinajstić information content (AvgIpc) is 2.76. The predicted octanol–water partition coefficient (Wildman–Crippen LogP) is 2.00. The fourth-order valence-electron chi connectivity index (χ4n) is 2.40. The van der Waals surface area contributed by atoms with Crippen LogP contribution in [-0.2, 0) is 13.6 Å². The Labute approximate surface area is 115 Å². The molecule has 4 nitrogen and oxygen atoms in total. The van der Waals surface area contributed by atoms with Gasteiger partial charge in [-0.25, -0.2) is 0 Å². The van der Waals surface area contributed by atoms with E-state index < -0.39 is 0 Å². The van der Waals surface area contributed by atoms with Crippen LogP contribution in [0.15, 0.2) is 24.3 Å². The van der Waals surface area contributed by atoms with Gasteiger partial charge < -0.3 is 10.2 Å². The van der Waals surface area contributed by atoms with Crippen molar-refractivity contribution in [2.75, 3.05) is 26.2 Å². The summed E-state index contributed by atoms with van der Waals surface area (Å²) in [6, 6.07) is 8.39. The SMILES string of the molecule is CCN(CC)CCNCc1nn(C)c2ccccc12. The first-order chi connectivity index (χ1) is 9.26. The number of likely N-dealkylation sites (N-methyl/N-ethyl adjacent to an activating group) is 1. The molecule has 0 saturated heterocycles. The highest BCUT2D eigenvalue weighted by Crippen LogP contribution is 2.16. The van der Waals surface area contributed by atoms with Gasteiger partial charge in [0.2, 0.25) is 0 Å². The standard InChI is InChI=1S/C15H24N4/c1-4-19(5-2)11-10-16-12-14-13-8-6-7-9-15(13)18(3)17-14/h6-9,16H,4-5,10-12H2,1-3H3. The molecule has 0 atom stereocenters. The van der Waals surface area contributed by atoms with Gasteiger partial charge in [-0.3, -0.25) is 4.68 Å². The summed E-state index contributed by atoms with van der Waals surface area (Å²) >= 11 is 0. The zero-order valence-electron chi connectivity index (χ0n) is 12.2. The maximum absolute atomic E-state index is 4.59. The first kappa shape index (κ1) is 14.0. The lowest BCUT2D eigenvalue weighted by atomic mass is 10.2. The molecule has 0 fully saturated rings. The molecule has 0 radical (unpaired) electrons. The number of rotatable bonds is 7. The summed E-state index contributed by atoms with van der Waals surface area (Å²) in [6.45, 7) is 9.58. The van der Waals surface area contributed by atoms with Crippen LogP contribution in [0.4, 0.5) is 0 Å². The van der Waals surface area contributed by atoms with Gasteiger partial charge >= 0.3 is 0 Å². The maximum atomic E-state index is 4.59. The summed E-state index contributed by atoms with van der Waals surface area (Å²) in [7, 11) is 2.00. The van der Waals surface area contributed by atoms with Crippen LogP contribution in [-0.4, -0.2) is 40.9 Å². The highest BCUT2D eigenvalue weighted by molar-refractivity contribution is 5.81. The molecular formula is C15H24N4. The molecule has 0 aliphatic rings. The number of fused-ring (bicyclic) bond motifs is 1. The predicted molar refractivity (Wildman–Crippen MR) is 80.2 cm³/mol. The molecule has 0 saturated carbocycles. The number of hydrogen-bond donors (Lipinski definition) is 1. The smallest absolute Gasteiger partial charge is 0.0841 e. The van der Waals surface area contributed by atoms with E-state index >= 15 is 0 Å². The fourth-order valence-corrected chi connectivity index (χ4v) is 2.40. The first-order valence-electron chi connectivity index (χ1n) is 7.10. The van der Waals surface area contributed by atoms with Crippen molar-refractivity contribution in [3.05, 3.63) is 30.0 Å². The number of hydrogen-bond acceptors (Lipinski definition) is 3. The number of aromatic nitrogens is 2. The second-order valence-electron chi connectivity index (χ2n) is 4.79. The summed E-state index contributed by atoms with van der Waals surface area (Å²) in [5.41, 5.74) is 2.33. The van der Waals surface area contributed by atoms with Crippen LogP contribution in [0.5, 0.6) is 0 Å². The van der Waals surface area contributed by atoms with Crippen LogP contribution in [0, 0.1) is 0 Å². The van der Waals surface area contributed by atoms with Gasteiger partial charge in [-0.15, -0.1) is 0 Å². The van der Waals surface area contributed by atoms with Gasteiger partial charge in [0.15, 0.2) is 0 Å². The minimum absolute atomic E-state index is 0.836. The van der Waals surface area contributed by atoms with Crippen molar-refractivity contribution >= 4 is 10.9 Å². The average molecular weight is 260 g/mol. The van der Waals surface area contributed by atoms with Crippen molar-refractivity contribution < 1.29 is 0 Å². The van der Waals surface area contributed by atoms with Crippen LogP contribution >= 0.6 is 0 Å². The molecule has 0 bridgehead atoms. The molecule has 0 aliphatic carbocycles. The van der Waals surface area contributed by atoms with Crippen LogP contribution < -0.4 is 5.32 Å². The molecule has 0 amide bonds. The van der Waals surface area contributed by atoms with Gasteiger partial charge in [-0.1, -0.05) is 32.0 Å². The third kappa shape index (κ3) is 3.33. The van der Waals surface area contributed by atoms with Crippen LogP contribution in [0.1, 0.15) is 19.5 Å². The van der Waals surface area contributed by atoms with Gasteiger partial charge in [-0.05, 0) is 19.2 Å². The van der Waals surface area contributed by atoms with Crippen LogP contribution in [0.3, 0.4) is 0 Å². The summed E-state index contributed by atoms with van der Waals surface area (Å²) in [6.07, 6.45) is 0. The second-order valence-corrected chi connectivity index (χ2v) is 4.79. The molecule has 104 valence electrons. The minimum Gasteiger partial charge on any atom is -0.310 e. The van der Waals surface area contributed by atoms with E-state index in [0.717, 1.165) is 38.4 Å². The second kappa shape index (κ2) is 6.68. The van der Waals surface area contributed by atoms with Crippen molar-refractivity contribution in [1.29, 1.82) is 0 Å². The third-order valence-corrected chi connectivity index (χ3v) is 3.63. The lowest BCUT2D eigenvalue weighted by Crippen LogP contribution is -2.31. The molecular weight excluding hydrogens is 236 g/mol. The minimum atomic E-state index is 0.836. The van der Waals surface area contributed by atoms with Gasteiger partial charge in [-0.2, -0.15) is 5.10 Å². The van der Waals surface area contributed by atoms with E-state index in [2.05, 4.69) is 53.4 Å². The van der Waals surface area contributed by atoms with Crippen molar-refractivity contribution in [2.24, 2.45) is 7.05 Å². The molecule has 1 aromatic carbocycles. The van der Waals surface area contributed by atoms with E-state index in [4.69, 9.17) is 0 Å². The largest absolute Gasteiger partial charge is 0.310 e. The van der Waals surface area contributed by atoms with Gasteiger partial charge in [0, 0.05) is 32.1 Å². The summed E-state index contributed by atoms with van der Waals surface area (Å²) < 4.78 is 1.96. The number of benzene rings is 1. The van der Waals surface area contributed by atoms with Gasteiger partial charge in [0.1, 0.15) is 0 Å². The Kier molecular flexibility index (Phi) is 4.93. The Hall–Kier alpha value is -1.39. The number of nitrogens with one attached hydrogen (secondary N) is 1. The molecule has 0 aliphatic heterocycles. The molecule has 0 unspecified atom stereocenters. The molecule has 1 N–H and O–H groups in total. The zero-order chi connectivity index (χ0) is 13.7. The quantitative estimate of drug-likeness (QED) is 0.773. The highest BCUT2D eigenvalue weighted by atomic mass is 15.3. The number of aryl methyl sites for hydroxylation is 1. The van der Waals surface area contributed by atoms with E-state index in [1.54, 1.807) is 0 Å². The summed E-state index contributed by atoms with van der Waals surface area (Å²) in [5.74, 6) is 0. The van der Waals surface area contributed by atoms with E-state index in [9.17, 15) is 0 Å². The van der Waals surface area contributed by atoms with E-state index in [-0.39, 0.29) is 0 Å². The number of nitrogens with zero attached hydrogens (tertiary/aromatic N) is 3. The van der Waals surface area contributed by atoms with Crippen LogP contribution in [0.2, 0.25) is 0 Å². The Morgan fingerprint density at radius 2 is 1.95 bits per heavy atom. The maximum Gasteiger partial charge on any atom is 0.0841 e. The highest BCUT2D eigenvalue weighted by Gasteiger charge is 2.07. The fraction of sp³-hybridized carbons (Fsp3) is 0.533. The summed E-state index contributed by atoms with van der Waals surface area (Å²) in [5, 5.41) is 9.33. The van der Waals surface area contributed by atoms with Crippen molar-refractivity contribution in [1.82, 2.24) is 20.0 Å². The third-order valence-electron chi connectivity index (χ3n) is 3.63. The first-order valence-corrected chi connectivity index (χ1v) is 7.10. The normalized spacial score (nSPS) is 11.6. The van der Waals surface area contributed by atoms with Crippen molar-refractivity contribution in [3.8, 4) is 0 Å². The molecule has 1 heterocycles. The monoisotopic (exact) mass is 260 g/mol. The Morgan fingerprint density at radius 3 is 2.68 bits per heavy atom. The molecule has 4 heteroatoms. The Balaban J connectivity index is 1.92. The summed E-state index contributed by atoms with van der Waals surface area (Å²) in [4.78, 5) is 2.42. The molecule has 0 spiro atoms. The van der Waals surface area contributed by atoms with Gasteiger partial charge in [0.25, 0.3) is 0 Å². The van der Waals surface area contributed by atoms with Crippen molar-refractivity contribution in [3.63, 3.8) is 0 Å². The molecule has 19 heavy (non-hydrogen) atoms. The molecule has 2 rings (SSSR count). The Bertz CT molecular complexity index is 514. The van der Waals surface area contributed by atoms with E-state index in [0.29, 0.717) is 0 Å². The zero-order valence-corrected chi connectivity index (χ0v) is 12.2. The van der Waals surface area contributed by atoms with E-state index in [1.807, 2.05) is 11.7 Å². The Morgan fingerprint density at radius 1 is 1.21 bits per heavy atom. The molecule has 1 aromatic heterocycles. The lowest BCUT2D eigenvalue weighted by Gasteiger charge is -2.17. The lowest BCUT2D eigenvalue weighted by molar-refractivity contribution is 0.302.